The standard InChI is InChI=1S/C21H23N3O6S2/c1-24(2)32(26,27)14-7-8-15-18(12-14)31-21(22-15)23-19(25)9-6-13-10-16(28-3)20(30-5)17(11-13)29-4/h6-12H,1-5H3,(H,22,23,25)/b9-6+. The summed E-state index contributed by atoms with van der Waals surface area (Å²) >= 11 is 1.19. The number of hydrogen-bond acceptors (Lipinski definition) is 8. The molecule has 1 N–H and O–H groups in total. The maximum atomic E-state index is 12.4. The summed E-state index contributed by atoms with van der Waals surface area (Å²) in [5.74, 6) is 1.02. The van der Waals surface area contributed by atoms with Gasteiger partial charge in [-0.3, -0.25) is 10.1 Å². The molecule has 0 aliphatic heterocycles. The summed E-state index contributed by atoms with van der Waals surface area (Å²) in [6.07, 6.45) is 2.96. The number of nitrogens with one attached hydrogen (secondary N) is 1. The Balaban J connectivity index is 1.80. The molecule has 1 amide bonds. The zero-order chi connectivity index (χ0) is 23.5. The van der Waals surface area contributed by atoms with Crippen molar-refractivity contribution < 1.29 is 27.4 Å². The fourth-order valence-electron chi connectivity index (χ4n) is 2.85. The maximum Gasteiger partial charge on any atom is 0.250 e. The molecule has 3 rings (SSSR count). The summed E-state index contributed by atoms with van der Waals surface area (Å²) < 4.78 is 42.3. The van der Waals surface area contributed by atoms with Crippen LogP contribution < -0.4 is 19.5 Å². The second kappa shape index (κ2) is 9.55. The minimum Gasteiger partial charge on any atom is -0.493 e. The number of hydrogen-bond donors (Lipinski definition) is 1. The van der Waals surface area contributed by atoms with Crippen LogP contribution in [0.25, 0.3) is 16.3 Å². The SMILES string of the molecule is COc1cc(/C=C/C(=O)Nc2nc3ccc(S(=O)(=O)N(C)C)cc3s2)cc(OC)c1OC. The van der Waals surface area contributed by atoms with Crippen LogP contribution in [-0.2, 0) is 14.8 Å². The summed E-state index contributed by atoms with van der Waals surface area (Å²) in [7, 11) is 3.93. The maximum absolute atomic E-state index is 12.4. The molecule has 3 aromatic rings. The van der Waals surface area contributed by atoms with Crippen molar-refractivity contribution in [2.45, 2.75) is 4.90 Å². The van der Waals surface area contributed by atoms with Gasteiger partial charge in [0.15, 0.2) is 16.6 Å². The van der Waals surface area contributed by atoms with Crippen LogP contribution in [0.5, 0.6) is 17.2 Å². The van der Waals surface area contributed by atoms with Gasteiger partial charge in [0.2, 0.25) is 21.7 Å². The highest BCUT2D eigenvalue weighted by Crippen LogP contribution is 2.38. The molecule has 0 saturated heterocycles. The topological polar surface area (TPSA) is 107 Å². The molecule has 0 bridgehead atoms. The number of sulfonamides is 1. The number of thiazole rings is 1. The van der Waals surface area contributed by atoms with Crippen molar-refractivity contribution in [3.05, 3.63) is 42.0 Å². The Morgan fingerprint density at radius 1 is 1.06 bits per heavy atom. The molecular formula is C21H23N3O6S2. The van der Waals surface area contributed by atoms with Crippen molar-refractivity contribution in [1.82, 2.24) is 9.29 Å². The van der Waals surface area contributed by atoms with Crippen LogP contribution in [0.4, 0.5) is 5.13 Å². The Labute approximate surface area is 190 Å². The first kappa shape index (κ1) is 23.5. The van der Waals surface area contributed by atoms with Crippen molar-refractivity contribution in [3.63, 3.8) is 0 Å². The van der Waals surface area contributed by atoms with Crippen LogP contribution in [0.15, 0.2) is 41.3 Å². The molecule has 1 aromatic heterocycles. The third-order valence-corrected chi connectivity index (χ3v) is 7.23. The van der Waals surface area contributed by atoms with E-state index in [1.807, 2.05) is 0 Å². The quantitative estimate of drug-likeness (QED) is 0.497. The van der Waals surface area contributed by atoms with Gasteiger partial charge >= 0.3 is 0 Å². The number of benzene rings is 2. The highest BCUT2D eigenvalue weighted by Gasteiger charge is 2.18. The van der Waals surface area contributed by atoms with E-state index in [4.69, 9.17) is 14.2 Å². The minimum absolute atomic E-state index is 0.166. The minimum atomic E-state index is -3.55. The first-order valence-electron chi connectivity index (χ1n) is 9.31. The Kier molecular flexibility index (Phi) is 7.02. The van der Waals surface area contributed by atoms with Gasteiger partial charge in [-0.05, 0) is 42.0 Å². The van der Waals surface area contributed by atoms with Crippen LogP contribution in [0, 0.1) is 0 Å². The normalized spacial score (nSPS) is 11.8. The predicted molar refractivity (Wildman–Crippen MR) is 124 cm³/mol. The predicted octanol–water partition coefficient (Wildman–Crippen LogP) is 3.22. The molecule has 1 heterocycles. The summed E-state index contributed by atoms with van der Waals surface area (Å²) in [6.45, 7) is 0. The molecule has 0 aliphatic rings. The molecule has 32 heavy (non-hydrogen) atoms. The highest BCUT2D eigenvalue weighted by atomic mass is 32.2. The molecule has 0 saturated carbocycles. The van der Waals surface area contributed by atoms with E-state index in [0.29, 0.717) is 38.2 Å². The smallest absolute Gasteiger partial charge is 0.250 e. The molecule has 170 valence electrons. The van der Waals surface area contributed by atoms with E-state index in [1.54, 1.807) is 30.3 Å². The fraction of sp³-hybridized carbons (Fsp3) is 0.238. The largest absolute Gasteiger partial charge is 0.493 e. The van der Waals surface area contributed by atoms with E-state index in [1.165, 1.54) is 58.9 Å². The number of anilines is 1. The monoisotopic (exact) mass is 477 g/mol. The van der Waals surface area contributed by atoms with Gasteiger partial charge < -0.3 is 14.2 Å². The zero-order valence-electron chi connectivity index (χ0n) is 18.2. The van der Waals surface area contributed by atoms with Crippen LogP contribution in [0.2, 0.25) is 0 Å². The van der Waals surface area contributed by atoms with Crippen LogP contribution in [0.1, 0.15) is 5.56 Å². The summed E-state index contributed by atoms with van der Waals surface area (Å²) in [6, 6.07) is 8.09. The number of aromatic nitrogens is 1. The summed E-state index contributed by atoms with van der Waals surface area (Å²) in [4.78, 5) is 16.9. The average Bonchev–Trinajstić information content (AvgIpc) is 3.17. The van der Waals surface area contributed by atoms with Crippen molar-refractivity contribution in [2.24, 2.45) is 0 Å². The fourth-order valence-corrected chi connectivity index (χ4v) is 4.76. The van der Waals surface area contributed by atoms with Crippen LogP contribution >= 0.6 is 11.3 Å². The molecule has 11 heteroatoms. The first-order valence-corrected chi connectivity index (χ1v) is 11.6. The summed E-state index contributed by atoms with van der Waals surface area (Å²) in [5, 5.41) is 3.06. The second-order valence-electron chi connectivity index (χ2n) is 6.72. The Morgan fingerprint density at radius 3 is 2.28 bits per heavy atom. The third-order valence-electron chi connectivity index (χ3n) is 4.48. The van der Waals surface area contributed by atoms with E-state index >= 15 is 0 Å². The molecule has 0 radical (unpaired) electrons. The van der Waals surface area contributed by atoms with E-state index < -0.39 is 10.0 Å². The van der Waals surface area contributed by atoms with E-state index in [0.717, 1.165) is 4.31 Å². The lowest BCUT2D eigenvalue weighted by Gasteiger charge is -2.12. The van der Waals surface area contributed by atoms with E-state index in [-0.39, 0.29) is 10.8 Å². The van der Waals surface area contributed by atoms with Crippen molar-refractivity contribution in [2.75, 3.05) is 40.7 Å². The summed E-state index contributed by atoms with van der Waals surface area (Å²) in [5.41, 5.74) is 1.27. The molecular weight excluding hydrogens is 454 g/mol. The van der Waals surface area contributed by atoms with Gasteiger partial charge in [-0.25, -0.2) is 17.7 Å². The molecule has 2 aromatic carbocycles. The highest BCUT2D eigenvalue weighted by molar-refractivity contribution is 7.89. The van der Waals surface area contributed by atoms with Crippen molar-refractivity contribution >= 4 is 48.7 Å². The second-order valence-corrected chi connectivity index (χ2v) is 9.90. The number of rotatable bonds is 8. The van der Waals surface area contributed by atoms with Gasteiger partial charge in [0.25, 0.3) is 0 Å². The number of carbonyl (C=O) groups is 1. The Hall–Kier alpha value is -3.15. The average molecular weight is 478 g/mol. The lowest BCUT2D eigenvalue weighted by Crippen LogP contribution is -2.22. The molecule has 0 fully saturated rings. The molecule has 0 unspecified atom stereocenters. The van der Waals surface area contributed by atoms with Crippen LogP contribution in [0.3, 0.4) is 0 Å². The third kappa shape index (κ3) is 4.85. The van der Waals surface area contributed by atoms with Crippen molar-refractivity contribution in [1.29, 1.82) is 0 Å². The van der Waals surface area contributed by atoms with E-state index in [2.05, 4.69) is 10.3 Å². The molecule has 9 nitrogen and oxygen atoms in total. The number of fused-ring (bicyclic) bond motifs is 1. The van der Waals surface area contributed by atoms with Crippen molar-refractivity contribution in [3.8, 4) is 17.2 Å². The van der Waals surface area contributed by atoms with Gasteiger partial charge in [0, 0.05) is 20.2 Å². The number of methoxy groups -OCH3 is 3. The lowest BCUT2D eigenvalue weighted by atomic mass is 10.1. The Bertz CT molecular complexity index is 1260. The Morgan fingerprint density at radius 2 is 1.72 bits per heavy atom. The van der Waals surface area contributed by atoms with Gasteiger partial charge in [-0.15, -0.1) is 0 Å². The number of ether oxygens (including phenoxy) is 3. The lowest BCUT2D eigenvalue weighted by molar-refractivity contribution is -0.111. The number of carbonyl (C=O) groups excluding carboxylic acids is 1. The zero-order valence-corrected chi connectivity index (χ0v) is 19.8. The van der Waals surface area contributed by atoms with Crippen LogP contribution in [-0.4, -0.2) is 59.0 Å². The van der Waals surface area contributed by atoms with Gasteiger partial charge in [-0.1, -0.05) is 11.3 Å². The van der Waals surface area contributed by atoms with Gasteiger partial charge in [-0.2, -0.15) is 0 Å². The molecule has 0 spiro atoms. The van der Waals surface area contributed by atoms with E-state index in [9.17, 15) is 13.2 Å². The number of amides is 1. The first-order chi connectivity index (χ1) is 15.2. The molecule has 0 atom stereocenters. The van der Waals surface area contributed by atoms with Gasteiger partial charge in [0.1, 0.15) is 0 Å². The van der Waals surface area contributed by atoms with Gasteiger partial charge in [0.05, 0.1) is 36.4 Å². The molecule has 0 aliphatic carbocycles. The number of nitrogens with zero attached hydrogens (tertiary/aromatic N) is 2.